The molecule has 1 amide bonds. The Morgan fingerprint density at radius 1 is 1.16 bits per heavy atom. The first kappa shape index (κ1) is 17.7. The predicted molar refractivity (Wildman–Crippen MR) is 101 cm³/mol. The highest BCUT2D eigenvalue weighted by molar-refractivity contribution is 9.10. The Labute approximate surface area is 155 Å². The Bertz CT molecular complexity index is 799. The van der Waals surface area contributed by atoms with Gasteiger partial charge in [-0.2, -0.15) is 0 Å². The molecule has 0 N–H and O–H groups in total. The lowest BCUT2D eigenvalue weighted by atomic mass is 10.0. The number of aryl methyl sites for hydroxylation is 1. The zero-order valence-electron chi connectivity index (χ0n) is 14.3. The summed E-state index contributed by atoms with van der Waals surface area (Å²) >= 11 is 3.48. The summed E-state index contributed by atoms with van der Waals surface area (Å²) in [6.07, 6.45) is 1.14. The number of hydrogen-bond donors (Lipinski definition) is 0. The number of esters is 1. The van der Waals surface area contributed by atoms with Crippen molar-refractivity contribution in [2.24, 2.45) is 0 Å². The average molecular weight is 402 g/mol. The van der Waals surface area contributed by atoms with Crippen molar-refractivity contribution in [3.8, 4) is 0 Å². The van der Waals surface area contributed by atoms with E-state index in [2.05, 4.69) is 22.0 Å². The van der Waals surface area contributed by atoms with E-state index in [0.717, 1.165) is 22.1 Å². The summed E-state index contributed by atoms with van der Waals surface area (Å²) in [7, 11) is 0. The number of benzene rings is 2. The molecule has 0 fully saturated rings. The summed E-state index contributed by atoms with van der Waals surface area (Å²) in [4.78, 5) is 26.1. The standard InChI is InChI=1S/C20H20BrNO3/c1-13(2)25-20(24)15-5-3-14(4-6-15)12-22-18-9-8-17(21)11-16(18)7-10-19(22)23/h3-6,8-9,11,13H,7,10,12H2,1-2H3. The van der Waals surface area contributed by atoms with Crippen LogP contribution in [0.1, 0.15) is 41.8 Å². The molecule has 1 aliphatic heterocycles. The van der Waals surface area contributed by atoms with E-state index in [1.54, 1.807) is 12.1 Å². The van der Waals surface area contributed by atoms with Crippen LogP contribution in [0.2, 0.25) is 0 Å². The van der Waals surface area contributed by atoms with E-state index in [1.807, 2.05) is 43.0 Å². The lowest BCUT2D eigenvalue weighted by molar-refractivity contribution is -0.119. The van der Waals surface area contributed by atoms with Crippen LogP contribution >= 0.6 is 15.9 Å². The predicted octanol–water partition coefficient (Wildman–Crippen LogP) is 4.49. The SMILES string of the molecule is CC(C)OC(=O)c1ccc(CN2C(=O)CCc3cc(Br)ccc32)cc1. The molecule has 0 aliphatic carbocycles. The zero-order valence-corrected chi connectivity index (χ0v) is 15.9. The Morgan fingerprint density at radius 2 is 1.88 bits per heavy atom. The molecule has 0 radical (unpaired) electrons. The molecule has 0 bridgehead atoms. The third-order valence-electron chi connectivity index (χ3n) is 4.11. The van der Waals surface area contributed by atoms with Gasteiger partial charge in [0.1, 0.15) is 0 Å². The monoisotopic (exact) mass is 401 g/mol. The van der Waals surface area contributed by atoms with E-state index in [4.69, 9.17) is 4.74 Å². The molecule has 0 unspecified atom stereocenters. The molecule has 1 aliphatic rings. The third kappa shape index (κ3) is 4.10. The molecule has 0 spiro atoms. The summed E-state index contributed by atoms with van der Waals surface area (Å²) in [6.45, 7) is 4.14. The van der Waals surface area contributed by atoms with Crippen molar-refractivity contribution in [1.82, 2.24) is 0 Å². The van der Waals surface area contributed by atoms with Crippen molar-refractivity contribution in [2.45, 2.75) is 39.3 Å². The maximum Gasteiger partial charge on any atom is 0.338 e. The van der Waals surface area contributed by atoms with E-state index in [1.165, 1.54) is 5.56 Å². The van der Waals surface area contributed by atoms with E-state index < -0.39 is 0 Å². The van der Waals surface area contributed by atoms with Crippen LogP contribution in [0, 0.1) is 0 Å². The van der Waals surface area contributed by atoms with Gasteiger partial charge in [-0.1, -0.05) is 28.1 Å². The quantitative estimate of drug-likeness (QED) is 0.708. The van der Waals surface area contributed by atoms with Gasteiger partial charge < -0.3 is 9.64 Å². The molecule has 25 heavy (non-hydrogen) atoms. The second-order valence-corrected chi connectivity index (χ2v) is 7.32. The summed E-state index contributed by atoms with van der Waals surface area (Å²) in [5.74, 6) is -0.205. The van der Waals surface area contributed by atoms with Gasteiger partial charge in [0.15, 0.2) is 0 Å². The number of anilines is 1. The largest absolute Gasteiger partial charge is 0.459 e. The van der Waals surface area contributed by atoms with Crippen molar-refractivity contribution in [1.29, 1.82) is 0 Å². The smallest absolute Gasteiger partial charge is 0.338 e. The molecular weight excluding hydrogens is 382 g/mol. The molecule has 0 saturated heterocycles. The van der Waals surface area contributed by atoms with Gasteiger partial charge in [0.25, 0.3) is 0 Å². The Hall–Kier alpha value is -2.14. The van der Waals surface area contributed by atoms with Gasteiger partial charge in [-0.3, -0.25) is 4.79 Å². The lowest BCUT2D eigenvalue weighted by Gasteiger charge is -2.29. The number of ether oxygens (including phenoxy) is 1. The van der Waals surface area contributed by atoms with Crippen LogP contribution < -0.4 is 4.90 Å². The zero-order chi connectivity index (χ0) is 18.0. The average Bonchev–Trinajstić information content (AvgIpc) is 2.57. The van der Waals surface area contributed by atoms with Crippen molar-refractivity contribution in [3.63, 3.8) is 0 Å². The number of carbonyl (C=O) groups is 2. The first-order chi connectivity index (χ1) is 11.9. The minimum atomic E-state index is -0.328. The molecule has 0 saturated carbocycles. The minimum absolute atomic E-state index is 0.123. The summed E-state index contributed by atoms with van der Waals surface area (Å²) in [6, 6.07) is 13.2. The minimum Gasteiger partial charge on any atom is -0.459 e. The summed E-state index contributed by atoms with van der Waals surface area (Å²) in [5.41, 5.74) is 3.63. The van der Waals surface area contributed by atoms with Gasteiger partial charge in [-0.15, -0.1) is 0 Å². The molecule has 0 atom stereocenters. The molecule has 2 aromatic rings. The van der Waals surface area contributed by atoms with Crippen molar-refractivity contribution in [3.05, 3.63) is 63.6 Å². The highest BCUT2D eigenvalue weighted by atomic mass is 79.9. The van der Waals surface area contributed by atoms with Gasteiger partial charge in [-0.25, -0.2) is 4.79 Å². The Balaban J connectivity index is 1.78. The number of fused-ring (bicyclic) bond motifs is 1. The molecule has 1 heterocycles. The molecular formula is C20H20BrNO3. The lowest BCUT2D eigenvalue weighted by Crippen LogP contribution is -2.34. The van der Waals surface area contributed by atoms with Crippen LogP contribution in [0.15, 0.2) is 46.9 Å². The number of amides is 1. The molecule has 5 heteroatoms. The van der Waals surface area contributed by atoms with Crippen molar-refractivity contribution < 1.29 is 14.3 Å². The topological polar surface area (TPSA) is 46.6 Å². The van der Waals surface area contributed by atoms with Crippen LogP contribution in [0.5, 0.6) is 0 Å². The second kappa shape index (κ2) is 7.40. The normalized spacial score (nSPS) is 13.8. The van der Waals surface area contributed by atoms with E-state index in [-0.39, 0.29) is 18.0 Å². The number of nitrogens with zero attached hydrogens (tertiary/aromatic N) is 1. The van der Waals surface area contributed by atoms with Gasteiger partial charge >= 0.3 is 5.97 Å². The van der Waals surface area contributed by atoms with E-state index in [0.29, 0.717) is 18.5 Å². The number of hydrogen-bond acceptors (Lipinski definition) is 3. The molecule has 0 aromatic heterocycles. The van der Waals surface area contributed by atoms with Crippen LogP contribution in [-0.2, 0) is 22.5 Å². The molecule has 4 nitrogen and oxygen atoms in total. The van der Waals surface area contributed by atoms with Gasteiger partial charge in [0.2, 0.25) is 5.91 Å². The fourth-order valence-corrected chi connectivity index (χ4v) is 3.32. The van der Waals surface area contributed by atoms with Crippen molar-refractivity contribution >= 4 is 33.5 Å². The van der Waals surface area contributed by atoms with Crippen molar-refractivity contribution in [2.75, 3.05) is 4.90 Å². The van der Waals surface area contributed by atoms with E-state index in [9.17, 15) is 9.59 Å². The van der Waals surface area contributed by atoms with E-state index >= 15 is 0 Å². The Morgan fingerprint density at radius 3 is 2.56 bits per heavy atom. The fraction of sp³-hybridized carbons (Fsp3) is 0.300. The Kier molecular flexibility index (Phi) is 5.23. The van der Waals surface area contributed by atoms with Gasteiger partial charge in [-0.05, 0) is 61.7 Å². The second-order valence-electron chi connectivity index (χ2n) is 6.40. The maximum atomic E-state index is 12.4. The first-order valence-electron chi connectivity index (χ1n) is 8.33. The maximum absolute atomic E-state index is 12.4. The molecule has 130 valence electrons. The fourth-order valence-electron chi connectivity index (χ4n) is 2.91. The van der Waals surface area contributed by atoms with Gasteiger partial charge in [0.05, 0.1) is 18.2 Å². The van der Waals surface area contributed by atoms with Crippen LogP contribution in [0.25, 0.3) is 0 Å². The first-order valence-corrected chi connectivity index (χ1v) is 9.12. The summed E-state index contributed by atoms with van der Waals surface area (Å²) < 4.78 is 6.21. The third-order valence-corrected chi connectivity index (χ3v) is 4.61. The van der Waals surface area contributed by atoms with Gasteiger partial charge in [0, 0.05) is 16.6 Å². The number of rotatable bonds is 4. The highest BCUT2D eigenvalue weighted by Crippen LogP contribution is 2.31. The molecule has 2 aromatic carbocycles. The number of halogens is 1. The summed E-state index contributed by atoms with van der Waals surface area (Å²) in [5, 5.41) is 0. The molecule has 3 rings (SSSR count). The van der Waals surface area contributed by atoms with Crippen LogP contribution in [0.3, 0.4) is 0 Å². The highest BCUT2D eigenvalue weighted by Gasteiger charge is 2.24. The van der Waals surface area contributed by atoms with Crippen LogP contribution in [0.4, 0.5) is 5.69 Å². The number of carbonyl (C=O) groups excluding carboxylic acids is 2. The van der Waals surface area contributed by atoms with Crippen LogP contribution in [-0.4, -0.2) is 18.0 Å².